The van der Waals surface area contributed by atoms with Gasteiger partial charge in [0.15, 0.2) is 0 Å². The highest BCUT2D eigenvalue weighted by molar-refractivity contribution is 5.17. The first-order valence-electron chi connectivity index (χ1n) is 8.73. The van der Waals surface area contributed by atoms with Crippen molar-refractivity contribution in [1.82, 2.24) is 4.90 Å². The van der Waals surface area contributed by atoms with E-state index < -0.39 is 0 Å². The summed E-state index contributed by atoms with van der Waals surface area (Å²) >= 11 is 0. The molecule has 2 fully saturated rings. The molecule has 0 aromatic heterocycles. The Hall–Kier alpha value is -0.860. The number of rotatable bonds is 4. The number of nitrogens with zero attached hydrogens (tertiary/aromatic N) is 1. The molecule has 1 aromatic carbocycles. The summed E-state index contributed by atoms with van der Waals surface area (Å²) in [7, 11) is 0. The molecule has 21 heavy (non-hydrogen) atoms. The summed E-state index contributed by atoms with van der Waals surface area (Å²) in [4.78, 5) is 2.68. The normalized spacial score (nSPS) is 29.6. The minimum atomic E-state index is -0.338. The van der Waals surface area contributed by atoms with Crippen LogP contribution in [0.2, 0.25) is 0 Å². The van der Waals surface area contributed by atoms with Gasteiger partial charge in [-0.1, -0.05) is 50.1 Å². The van der Waals surface area contributed by atoms with Gasteiger partial charge in [0.25, 0.3) is 0 Å². The third-order valence-electron chi connectivity index (χ3n) is 5.56. The maximum atomic E-state index is 10.6. The van der Waals surface area contributed by atoms with Crippen LogP contribution < -0.4 is 0 Å². The molecule has 0 radical (unpaired) electrons. The van der Waals surface area contributed by atoms with Gasteiger partial charge < -0.3 is 5.11 Å². The van der Waals surface area contributed by atoms with Crippen molar-refractivity contribution in [3.63, 3.8) is 0 Å². The van der Waals surface area contributed by atoms with Gasteiger partial charge in [0, 0.05) is 12.6 Å². The van der Waals surface area contributed by atoms with Crippen LogP contribution in [0.4, 0.5) is 0 Å². The van der Waals surface area contributed by atoms with Gasteiger partial charge in [-0.05, 0) is 49.6 Å². The smallest absolute Gasteiger partial charge is 0.0827 e. The largest absolute Gasteiger partial charge is 0.388 e. The fourth-order valence-electron chi connectivity index (χ4n) is 4.40. The van der Waals surface area contributed by atoms with Crippen molar-refractivity contribution in [2.24, 2.45) is 11.8 Å². The van der Waals surface area contributed by atoms with Crippen LogP contribution in [0.1, 0.15) is 57.1 Å². The molecule has 0 bridgehead atoms. The zero-order valence-electron chi connectivity index (χ0n) is 13.2. The van der Waals surface area contributed by atoms with E-state index in [0.717, 1.165) is 24.1 Å². The molecule has 2 nitrogen and oxygen atoms in total. The molecule has 1 saturated carbocycles. The molecule has 2 aliphatic rings. The monoisotopic (exact) mass is 287 g/mol. The second-order valence-electron chi connectivity index (χ2n) is 7.08. The number of fused-ring (bicyclic) bond motifs is 1. The number of likely N-dealkylation sites (tertiary alicyclic amines) is 1. The zero-order valence-corrected chi connectivity index (χ0v) is 13.2. The van der Waals surface area contributed by atoms with Crippen LogP contribution in [0.15, 0.2) is 30.3 Å². The first-order chi connectivity index (χ1) is 10.3. The summed E-state index contributed by atoms with van der Waals surface area (Å²) < 4.78 is 0. The highest BCUT2D eigenvalue weighted by Gasteiger charge is 2.34. The Morgan fingerprint density at radius 2 is 1.81 bits per heavy atom. The Labute approximate surface area is 129 Å². The SMILES string of the molecule is CC(CN1CCCC2CCCCC21)C(O)c1ccccc1. The predicted molar refractivity (Wildman–Crippen MR) is 87.1 cm³/mol. The molecule has 1 N–H and O–H groups in total. The highest BCUT2D eigenvalue weighted by atomic mass is 16.3. The number of aliphatic hydroxyl groups excluding tert-OH is 1. The third kappa shape index (κ3) is 3.49. The lowest BCUT2D eigenvalue weighted by molar-refractivity contribution is 0.0213. The van der Waals surface area contributed by atoms with E-state index in [1.807, 2.05) is 30.3 Å². The first-order valence-corrected chi connectivity index (χ1v) is 8.73. The third-order valence-corrected chi connectivity index (χ3v) is 5.56. The van der Waals surface area contributed by atoms with Crippen molar-refractivity contribution in [2.45, 2.75) is 57.6 Å². The minimum absolute atomic E-state index is 0.299. The fraction of sp³-hybridized carbons (Fsp3) is 0.684. The van der Waals surface area contributed by atoms with Crippen molar-refractivity contribution < 1.29 is 5.11 Å². The number of benzene rings is 1. The first kappa shape index (κ1) is 15.1. The van der Waals surface area contributed by atoms with E-state index in [0.29, 0.717) is 5.92 Å². The minimum Gasteiger partial charge on any atom is -0.388 e. The summed E-state index contributed by atoms with van der Waals surface area (Å²) in [6.45, 7) is 4.47. The molecule has 4 unspecified atom stereocenters. The van der Waals surface area contributed by atoms with E-state index in [4.69, 9.17) is 0 Å². The van der Waals surface area contributed by atoms with Gasteiger partial charge in [0.2, 0.25) is 0 Å². The maximum Gasteiger partial charge on any atom is 0.0827 e. The number of hydrogen-bond donors (Lipinski definition) is 1. The van der Waals surface area contributed by atoms with E-state index in [-0.39, 0.29) is 6.10 Å². The Morgan fingerprint density at radius 1 is 1.10 bits per heavy atom. The fourth-order valence-corrected chi connectivity index (χ4v) is 4.40. The topological polar surface area (TPSA) is 23.5 Å². The summed E-state index contributed by atoms with van der Waals surface area (Å²) in [5.74, 6) is 1.22. The Bertz CT molecular complexity index is 430. The van der Waals surface area contributed by atoms with E-state index in [2.05, 4.69) is 11.8 Å². The number of aliphatic hydroxyl groups is 1. The molecule has 1 aliphatic carbocycles. The van der Waals surface area contributed by atoms with Crippen molar-refractivity contribution in [2.75, 3.05) is 13.1 Å². The van der Waals surface area contributed by atoms with Gasteiger partial charge in [-0.15, -0.1) is 0 Å². The Kier molecular flexibility index (Phi) is 4.97. The van der Waals surface area contributed by atoms with Crippen LogP contribution in [0.25, 0.3) is 0 Å². The van der Waals surface area contributed by atoms with E-state index >= 15 is 0 Å². The standard InChI is InChI=1S/C19H29NO/c1-15(19(21)17-9-3-2-4-10-17)14-20-13-7-11-16-8-5-6-12-18(16)20/h2-4,9-10,15-16,18-19,21H,5-8,11-14H2,1H3. The van der Waals surface area contributed by atoms with Crippen LogP contribution in [0.5, 0.6) is 0 Å². The molecule has 1 aromatic rings. The van der Waals surface area contributed by atoms with E-state index in [9.17, 15) is 5.11 Å². The lowest BCUT2D eigenvalue weighted by Gasteiger charge is -2.45. The lowest BCUT2D eigenvalue weighted by atomic mass is 9.78. The second-order valence-corrected chi connectivity index (χ2v) is 7.08. The van der Waals surface area contributed by atoms with Crippen LogP contribution in [0, 0.1) is 11.8 Å². The second kappa shape index (κ2) is 6.93. The molecular formula is C19H29NO. The molecule has 0 amide bonds. The number of hydrogen-bond acceptors (Lipinski definition) is 2. The van der Waals surface area contributed by atoms with Crippen molar-refractivity contribution >= 4 is 0 Å². The van der Waals surface area contributed by atoms with Gasteiger partial charge in [-0.2, -0.15) is 0 Å². The van der Waals surface area contributed by atoms with Gasteiger partial charge in [0.05, 0.1) is 6.10 Å². The van der Waals surface area contributed by atoms with Gasteiger partial charge in [0.1, 0.15) is 0 Å². The molecule has 3 rings (SSSR count). The molecule has 1 aliphatic heterocycles. The molecule has 1 heterocycles. The van der Waals surface area contributed by atoms with Gasteiger partial charge in [-0.25, -0.2) is 0 Å². The van der Waals surface area contributed by atoms with Crippen LogP contribution in [-0.4, -0.2) is 29.1 Å². The quantitative estimate of drug-likeness (QED) is 0.904. The molecule has 2 heteroatoms. The number of piperidine rings is 1. The Balaban J connectivity index is 1.62. The average Bonchev–Trinajstić information content (AvgIpc) is 2.55. The summed E-state index contributed by atoms with van der Waals surface area (Å²) in [5.41, 5.74) is 1.06. The van der Waals surface area contributed by atoms with E-state index in [1.165, 1.54) is 45.1 Å². The van der Waals surface area contributed by atoms with Crippen molar-refractivity contribution in [1.29, 1.82) is 0 Å². The van der Waals surface area contributed by atoms with Gasteiger partial charge in [-0.3, -0.25) is 4.90 Å². The van der Waals surface area contributed by atoms with Crippen LogP contribution in [0.3, 0.4) is 0 Å². The molecule has 0 spiro atoms. The maximum absolute atomic E-state index is 10.6. The average molecular weight is 287 g/mol. The molecule has 4 atom stereocenters. The summed E-state index contributed by atoms with van der Waals surface area (Å²) in [6, 6.07) is 10.9. The molecular weight excluding hydrogens is 258 g/mol. The van der Waals surface area contributed by atoms with Crippen molar-refractivity contribution in [3.8, 4) is 0 Å². The van der Waals surface area contributed by atoms with E-state index in [1.54, 1.807) is 0 Å². The zero-order chi connectivity index (χ0) is 14.7. The molecule has 116 valence electrons. The summed E-state index contributed by atoms with van der Waals surface area (Å²) in [5, 5.41) is 10.6. The molecule has 1 saturated heterocycles. The van der Waals surface area contributed by atoms with Crippen LogP contribution >= 0.6 is 0 Å². The van der Waals surface area contributed by atoms with Gasteiger partial charge >= 0.3 is 0 Å². The highest BCUT2D eigenvalue weighted by Crippen LogP contribution is 2.36. The Morgan fingerprint density at radius 3 is 2.62 bits per heavy atom. The predicted octanol–water partition coefficient (Wildman–Crippen LogP) is 4.01. The van der Waals surface area contributed by atoms with Crippen molar-refractivity contribution in [3.05, 3.63) is 35.9 Å². The summed E-state index contributed by atoms with van der Waals surface area (Å²) in [6.07, 6.45) is 8.06. The van der Waals surface area contributed by atoms with Crippen LogP contribution in [-0.2, 0) is 0 Å². The lowest BCUT2D eigenvalue weighted by Crippen LogP contribution is -2.48.